The van der Waals surface area contributed by atoms with Crippen LogP contribution >= 0.6 is 0 Å². The highest BCUT2D eigenvalue weighted by Crippen LogP contribution is 2.30. The van der Waals surface area contributed by atoms with Crippen molar-refractivity contribution in [1.29, 1.82) is 0 Å². The summed E-state index contributed by atoms with van der Waals surface area (Å²) in [5.41, 5.74) is 1.77. The molecule has 0 bridgehead atoms. The molecule has 0 aliphatic carbocycles. The highest BCUT2D eigenvalue weighted by Gasteiger charge is 2.35. The maximum absolute atomic E-state index is 13.2. The van der Waals surface area contributed by atoms with Gasteiger partial charge < -0.3 is 0 Å². The normalized spacial score (nSPS) is 17.4. The predicted molar refractivity (Wildman–Crippen MR) is 101 cm³/mol. The molecule has 1 aliphatic heterocycles. The van der Waals surface area contributed by atoms with Gasteiger partial charge in [-0.3, -0.25) is 4.90 Å². The smallest absolute Gasteiger partial charge is 0.243 e. The van der Waals surface area contributed by atoms with Gasteiger partial charge in [-0.2, -0.15) is 4.31 Å². The van der Waals surface area contributed by atoms with Crippen molar-refractivity contribution in [2.45, 2.75) is 31.2 Å². The Kier molecular flexibility index (Phi) is 5.19. The third kappa shape index (κ3) is 3.68. The zero-order valence-electron chi connectivity index (χ0n) is 15.4. The largest absolute Gasteiger partial charge is 0.292 e. The highest BCUT2D eigenvalue weighted by molar-refractivity contribution is 7.89. The van der Waals surface area contributed by atoms with Crippen LogP contribution < -0.4 is 0 Å². The molecular weight excluding hydrogens is 351 g/mol. The number of hydrogen-bond donors (Lipinski definition) is 0. The van der Waals surface area contributed by atoms with Gasteiger partial charge in [0.2, 0.25) is 10.0 Å². The Morgan fingerprint density at radius 1 is 0.885 bits per heavy atom. The summed E-state index contributed by atoms with van der Waals surface area (Å²) in [7, 11) is -3.46. The fraction of sp³-hybridized carbons (Fsp3) is 0.400. The van der Waals surface area contributed by atoms with Crippen LogP contribution in [-0.2, 0) is 15.6 Å². The quantitative estimate of drug-likeness (QED) is 0.821. The topological polar surface area (TPSA) is 40.6 Å². The molecule has 0 radical (unpaired) electrons. The van der Waals surface area contributed by atoms with Crippen molar-refractivity contribution in [3.8, 4) is 0 Å². The first-order chi connectivity index (χ1) is 12.2. The summed E-state index contributed by atoms with van der Waals surface area (Å²) < 4.78 is 40.4. The van der Waals surface area contributed by atoms with Crippen LogP contribution in [0.1, 0.15) is 25.0 Å². The van der Waals surface area contributed by atoms with Crippen LogP contribution in [0.15, 0.2) is 53.4 Å². The second-order valence-electron chi connectivity index (χ2n) is 7.27. The lowest BCUT2D eigenvalue weighted by Crippen LogP contribution is -2.54. The number of nitrogens with zero attached hydrogens (tertiary/aromatic N) is 2. The number of halogens is 1. The van der Waals surface area contributed by atoms with E-state index in [2.05, 4.69) is 18.7 Å². The Morgan fingerprint density at radius 3 is 1.96 bits per heavy atom. The van der Waals surface area contributed by atoms with Crippen molar-refractivity contribution >= 4 is 10.0 Å². The van der Waals surface area contributed by atoms with E-state index in [4.69, 9.17) is 0 Å². The molecule has 4 nitrogen and oxygen atoms in total. The third-order valence-corrected chi connectivity index (χ3v) is 7.15. The fourth-order valence-electron chi connectivity index (χ4n) is 3.39. The van der Waals surface area contributed by atoms with Gasteiger partial charge in [-0.1, -0.05) is 29.8 Å². The lowest BCUT2D eigenvalue weighted by atomic mass is 9.91. The molecule has 2 aromatic rings. The monoisotopic (exact) mass is 376 g/mol. The van der Waals surface area contributed by atoms with Gasteiger partial charge in [-0.15, -0.1) is 0 Å². The van der Waals surface area contributed by atoms with Crippen LogP contribution in [0.25, 0.3) is 0 Å². The number of hydrogen-bond acceptors (Lipinski definition) is 3. The van der Waals surface area contributed by atoms with Gasteiger partial charge in [0.15, 0.2) is 0 Å². The first-order valence-electron chi connectivity index (χ1n) is 8.79. The Hall–Kier alpha value is -1.76. The lowest BCUT2D eigenvalue weighted by Gasteiger charge is -2.44. The van der Waals surface area contributed by atoms with Crippen LogP contribution in [0.2, 0.25) is 0 Å². The maximum Gasteiger partial charge on any atom is 0.243 e. The summed E-state index contributed by atoms with van der Waals surface area (Å²) in [6, 6.07) is 13.5. The second-order valence-corrected chi connectivity index (χ2v) is 9.21. The van der Waals surface area contributed by atoms with Gasteiger partial charge in [-0.05, 0) is 50.6 Å². The molecule has 0 unspecified atom stereocenters. The number of rotatable bonds is 4. The van der Waals surface area contributed by atoms with Crippen molar-refractivity contribution in [2.24, 2.45) is 0 Å². The van der Waals surface area contributed by atoms with Gasteiger partial charge in [0.05, 0.1) is 4.90 Å². The van der Waals surface area contributed by atoms with Crippen LogP contribution in [-0.4, -0.2) is 43.8 Å². The summed E-state index contributed by atoms with van der Waals surface area (Å²) in [5, 5.41) is 0. The molecule has 1 fully saturated rings. The molecule has 0 saturated carbocycles. The van der Waals surface area contributed by atoms with Crippen molar-refractivity contribution in [3.05, 3.63) is 65.5 Å². The van der Waals surface area contributed by atoms with E-state index in [1.807, 2.05) is 19.1 Å². The van der Waals surface area contributed by atoms with E-state index >= 15 is 0 Å². The Balaban J connectivity index is 1.72. The Labute approximate surface area is 155 Å². The first kappa shape index (κ1) is 19.0. The summed E-state index contributed by atoms with van der Waals surface area (Å²) in [6.07, 6.45) is 0. The van der Waals surface area contributed by atoms with Crippen molar-refractivity contribution < 1.29 is 12.8 Å². The van der Waals surface area contributed by atoms with Crippen molar-refractivity contribution in [1.82, 2.24) is 9.21 Å². The minimum Gasteiger partial charge on any atom is -0.292 e. The molecule has 0 atom stereocenters. The number of aryl methyl sites for hydroxylation is 1. The van der Waals surface area contributed by atoms with Crippen molar-refractivity contribution in [3.63, 3.8) is 0 Å². The Bertz CT molecular complexity index is 854. The molecule has 6 heteroatoms. The SMILES string of the molecule is Cc1ccc(S(=O)(=O)N2CCN(C(C)(C)c3ccc(F)cc3)CC2)cc1. The van der Waals surface area contributed by atoms with Crippen molar-refractivity contribution in [2.75, 3.05) is 26.2 Å². The van der Waals surface area contributed by atoms with E-state index < -0.39 is 10.0 Å². The number of benzene rings is 2. The molecule has 3 rings (SSSR count). The third-order valence-electron chi connectivity index (χ3n) is 5.24. The fourth-order valence-corrected chi connectivity index (χ4v) is 4.81. The summed E-state index contributed by atoms with van der Waals surface area (Å²) >= 11 is 0. The Morgan fingerprint density at radius 2 is 1.42 bits per heavy atom. The number of sulfonamides is 1. The molecule has 1 saturated heterocycles. The molecule has 140 valence electrons. The average Bonchev–Trinajstić information content (AvgIpc) is 2.62. The predicted octanol–water partition coefficient (Wildman–Crippen LogP) is 3.38. The van der Waals surface area contributed by atoms with Crippen LogP contribution in [0.5, 0.6) is 0 Å². The molecule has 0 aromatic heterocycles. The molecular formula is C20H25FN2O2S. The standard InChI is InChI=1S/C20H25FN2O2S/c1-16-4-10-19(11-5-16)26(24,25)23-14-12-22(13-15-23)20(2,3)17-6-8-18(21)9-7-17/h4-11H,12-15H2,1-3H3. The van der Waals surface area contributed by atoms with E-state index in [1.165, 1.54) is 12.1 Å². The van der Waals surface area contributed by atoms with E-state index in [-0.39, 0.29) is 11.4 Å². The van der Waals surface area contributed by atoms with Gasteiger partial charge in [0, 0.05) is 31.7 Å². The summed E-state index contributed by atoms with van der Waals surface area (Å²) in [6.45, 7) is 8.27. The zero-order valence-corrected chi connectivity index (χ0v) is 16.3. The molecule has 1 heterocycles. The number of piperazine rings is 1. The molecule has 26 heavy (non-hydrogen) atoms. The van der Waals surface area contributed by atoms with Gasteiger partial charge in [0.25, 0.3) is 0 Å². The first-order valence-corrected chi connectivity index (χ1v) is 10.2. The minimum absolute atomic E-state index is 0.251. The van der Waals surface area contributed by atoms with E-state index in [0.29, 0.717) is 31.1 Å². The zero-order chi connectivity index (χ0) is 18.9. The van der Waals surface area contributed by atoms with Gasteiger partial charge >= 0.3 is 0 Å². The van der Waals surface area contributed by atoms with E-state index in [9.17, 15) is 12.8 Å². The lowest BCUT2D eigenvalue weighted by molar-refractivity contribution is 0.0777. The average molecular weight is 376 g/mol. The van der Waals surface area contributed by atoms with Gasteiger partial charge in [-0.25, -0.2) is 12.8 Å². The van der Waals surface area contributed by atoms with E-state index in [1.54, 1.807) is 28.6 Å². The maximum atomic E-state index is 13.2. The van der Waals surface area contributed by atoms with E-state index in [0.717, 1.165) is 11.1 Å². The molecule has 0 N–H and O–H groups in total. The van der Waals surface area contributed by atoms with Crippen LogP contribution in [0.4, 0.5) is 4.39 Å². The molecule has 2 aromatic carbocycles. The molecule has 0 spiro atoms. The van der Waals surface area contributed by atoms with Crippen LogP contribution in [0.3, 0.4) is 0 Å². The molecule has 0 amide bonds. The minimum atomic E-state index is -3.46. The highest BCUT2D eigenvalue weighted by atomic mass is 32.2. The summed E-state index contributed by atoms with van der Waals surface area (Å²) in [4.78, 5) is 2.59. The molecule has 1 aliphatic rings. The van der Waals surface area contributed by atoms with Gasteiger partial charge in [0.1, 0.15) is 5.82 Å². The van der Waals surface area contributed by atoms with Crippen LogP contribution in [0, 0.1) is 12.7 Å². The summed E-state index contributed by atoms with van der Waals surface area (Å²) in [5.74, 6) is -0.251. The second kappa shape index (κ2) is 7.10.